The Bertz CT molecular complexity index is 806. The summed E-state index contributed by atoms with van der Waals surface area (Å²) in [5, 5.41) is 7.38. The maximum absolute atomic E-state index is 12.2. The highest BCUT2D eigenvalue weighted by molar-refractivity contribution is 7.09. The lowest BCUT2D eigenvalue weighted by Gasteiger charge is -2.10. The quantitative estimate of drug-likeness (QED) is 0.670. The number of urea groups is 1. The number of imide groups is 1. The first-order chi connectivity index (χ1) is 13.0. The molecule has 0 aliphatic rings. The van der Waals surface area contributed by atoms with E-state index in [-0.39, 0.29) is 12.2 Å². The Morgan fingerprint density at radius 1 is 1.22 bits per heavy atom. The van der Waals surface area contributed by atoms with Gasteiger partial charge in [0.1, 0.15) is 17.9 Å². The van der Waals surface area contributed by atoms with Crippen molar-refractivity contribution in [3.8, 4) is 5.75 Å². The fourth-order valence-corrected chi connectivity index (χ4v) is 2.64. The zero-order valence-corrected chi connectivity index (χ0v) is 15.9. The molecule has 0 atom stereocenters. The molecule has 27 heavy (non-hydrogen) atoms. The first kappa shape index (κ1) is 20.4. The molecule has 9 heteroatoms. The minimum Gasteiger partial charge on any atom is -0.486 e. The van der Waals surface area contributed by atoms with Gasteiger partial charge in [-0.1, -0.05) is 19.1 Å². The van der Waals surface area contributed by atoms with Gasteiger partial charge < -0.3 is 14.8 Å². The highest BCUT2D eigenvalue weighted by Gasteiger charge is 2.16. The number of aromatic nitrogens is 1. The number of rotatable bonds is 8. The Kier molecular flexibility index (Phi) is 7.75. The number of amides is 3. The summed E-state index contributed by atoms with van der Waals surface area (Å²) in [6.45, 7) is 3.87. The number of nitrogens with zero attached hydrogens (tertiary/aromatic N) is 1. The highest BCUT2D eigenvalue weighted by atomic mass is 32.1. The molecule has 8 nitrogen and oxygen atoms in total. The predicted octanol–water partition coefficient (Wildman–Crippen LogP) is 2.42. The van der Waals surface area contributed by atoms with Gasteiger partial charge in [0.2, 0.25) is 0 Å². The van der Waals surface area contributed by atoms with Gasteiger partial charge in [-0.05, 0) is 25.5 Å². The fourth-order valence-electron chi connectivity index (χ4n) is 2.04. The monoisotopic (exact) mass is 391 g/mol. The smallest absolute Gasteiger partial charge is 0.342 e. The molecule has 1 heterocycles. The lowest BCUT2D eigenvalue weighted by atomic mass is 10.2. The van der Waals surface area contributed by atoms with Crippen molar-refractivity contribution in [3.05, 3.63) is 45.9 Å². The number of thiazole rings is 1. The number of aryl methyl sites for hydroxylation is 1. The Balaban J connectivity index is 1.88. The van der Waals surface area contributed by atoms with E-state index in [1.54, 1.807) is 18.2 Å². The molecule has 0 saturated heterocycles. The zero-order chi connectivity index (χ0) is 19.6. The van der Waals surface area contributed by atoms with E-state index in [2.05, 4.69) is 15.6 Å². The minimum atomic E-state index is -0.718. The Labute approximate surface area is 160 Å². The lowest BCUT2D eigenvalue weighted by Crippen LogP contribution is -2.41. The van der Waals surface area contributed by atoms with Crippen LogP contribution in [-0.4, -0.2) is 36.0 Å². The van der Waals surface area contributed by atoms with E-state index in [4.69, 9.17) is 9.47 Å². The number of hydrogen-bond donors (Lipinski definition) is 2. The number of benzene rings is 1. The summed E-state index contributed by atoms with van der Waals surface area (Å²) in [5.74, 6) is -1.10. The molecule has 0 bridgehead atoms. The molecule has 0 radical (unpaired) electrons. The summed E-state index contributed by atoms with van der Waals surface area (Å²) in [6, 6.07) is 5.93. The standard InChI is InChI=1S/C18H21N3O5S/c1-3-8-19-18(24)21-16(22)10-26-17(23)14-6-4-5-7-15(14)25-9-13-11-27-12(2)20-13/h4-7,11H,3,8-10H2,1-2H3,(H2,19,21,22,24). The summed E-state index contributed by atoms with van der Waals surface area (Å²) < 4.78 is 10.6. The van der Waals surface area contributed by atoms with Crippen molar-refractivity contribution in [1.29, 1.82) is 0 Å². The summed E-state index contributed by atoms with van der Waals surface area (Å²) >= 11 is 1.51. The molecule has 0 aliphatic heterocycles. The number of carbonyl (C=O) groups is 3. The van der Waals surface area contributed by atoms with Gasteiger partial charge in [-0.2, -0.15) is 0 Å². The maximum Gasteiger partial charge on any atom is 0.342 e. The fraction of sp³-hybridized carbons (Fsp3) is 0.333. The highest BCUT2D eigenvalue weighted by Crippen LogP contribution is 2.20. The second kappa shape index (κ2) is 10.3. The molecular formula is C18H21N3O5S. The minimum absolute atomic E-state index is 0.188. The van der Waals surface area contributed by atoms with Crippen molar-refractivity contribution in [2.24, 2.45) is 0 Å². The average molecular weight is 391 g/mol. The number of ether oxygens (including phenoxy) is 2. The van der Waals surface area contributed by atoms with Crippen molar-refractivity contribution >= 4 is 29.2 Å². The first-order valence-electron chi connectivity index (χ1n) is 8.37. The van der Waals surface area contributed by atoms with Gasteiger partial charge in [-0.3, -0.25) is 10.1 Å². The number of esters is 1. The van der Waals surface area contributed by atoms with E-state index < -0.39 is 24.5 Å². The van der Waals surface area contributed by atoms with Crippen LogP contribution in [0.5, 0.6) is 5.75 Å². The molecule has 1 aromatic heterocycles. The van der Waals surface area contributed by atoms with Crippen LogP contribution >= 0.6 is 11.3 Å². The maximum atomic E-state index is 12.2. The SMILES string of the molecule is CCCNC(=O)NC(=O)COC(=O)c1ccccc1OCc1csc(C)n1. The van der Waals surface area contributed by atoms with E-state index in [1.165, 1.54) is 17.4 Å². The van der Waals surface area contributed by atoms with Crippen LogP contribution in [0.15, 0.2) is 29.6 Å². The van der Waals surface area contributed by atoms with Crippen LogP contribution < -0.4 is 15.4 Å². The van der Waals surface area contributed by atoms with Crippen LogP contribution in [-0.2, 0) is 16.1 Å². The van der Waals surface area contributed by atoms with E-state index >= 15 is 0 Å². The van der Waals surface area contributed by atoms with Gasteiger partial charge in [-0.15, -0.1) is 11.3 Å². The third-order valence-electron chi connectivity index (χ3n) is 3.27. The van der Waals surface area contributed by atoms with Crippen LogP contribution in [0.3, 0.4) is 0 Å². The van der Waals surface area contributed by atoms with E-state index in [0.717, 1.165) is 17.1 Å². The van der Waals surface area contributed by atoms with Gasteiger partial charge in [0, 0.05) is 11.9 Å². The largest absolute Gasteiger partial charge is 0.486 e. The summed E-state index contributed by atoms with van der Waals surface area (Å²) in [6.07, 6.45) is 0.744. The first-order valence-corrected chi connectivity index (χ1v) is 9.25. The molecule has 0 fully saturated rings. The molecule has 2 N–H and O–H groups in total. The van der Waals surface area contributed by atoms with Gasteiger partial charge >= 0.3 is 12.0 Å². The zero-order valence-electron chi connectivity index (χ0n) is 15.1. The molecular weight excluding hydrogens is 370 g/mol. The Hall–Kier alpha value is -2.94. The van der Waals surface area contributed by atoms with Crippen molar-refractivity contribution in [2.45, 2.75) is 26.9 Å². The van der Waals surface area contributed by atoms with Crippen LogP contribution in [0.1, 0.15) is 34.4 Å². The molecule has 0 aliphatic carbocycles. The van der Waals surface area contributed by atoms with Crippen LogP contribution in [0.25, 0.3) is 0 Å². The third-order valence-corrected chi connectivity index (χ3v) is 4.09. The van der Waals surface area contributed by atoms with Crippen molar-refractivity contribution in [1.82, 2.24) is 15.6 Å². The molecule has 144 valence electrons. The topological polar surface area (TPSA) is 107 Å². The normalized spacial score (nSPS) is 10.1. The summed E-state index contributed by atoms with van der Waals surface area (Å²) in [4.78, 5) is 39.6. The molecule has 3 amide bonds. The predicted molar refractivity (Wildman–Crippen MR) is 99.7 cm³/mol. The third kappa shape index (κ3) is 6.70. The number of para-hydroxylation sites is 1. The lowest BCUT2D eigenvalue weighted by molar-refractivity contribution is -0.123. The van der Waals surface area contributed by atoms with Crippen LogP contribution in [0.4, 0.5) is 4.79 Å². The van der Waals surface area contributed by atoms with E-state index in [0.29, 0.717) is 12.3 Å². The molecule has 1 aromatic carbocycles. The Morgan fingerprint density at radius 3 is 2.70 bits per heavy atom. The van der Waals surface area contributed by atoms with Crippen molar-refractivity contribution in [3.63, 3.8) is 0 Å². The van der Waals surface area contributed by atoms with Gasteiger partial charge in [0.15, 0.2) is 6.61 Å². The number of carbonyl (C=O) groups excluding carboxylic acids is 3. The summed E-state index contributed by atoms with van der Waals surface area (Å²) in [5.41, 5.74) is 0.950. The van der Waals surface area contributed by atoms with Crippen LogP contribution in [0, 0.1) is 6.92 Å². The van der Waals surface area contributed by atoms with E-state index in [9.17, 15) is 14.4 Å². The summed E-state index contributed by atoms with van der Waals surface area (Å²) in [7, 11) is 0. The van der Waals surface area contributed by atoms with Gasteiger partial charge in [0.05, 0.1) is 10.7 Å². The Morgan fingerprint density at radius 2 is 2.00 bits per heavy atom. The molecule has 0 spiro atoms. The van der Waals surface area contributed by atoms with Crippen molar-refractivity contribution in [2.75, 3.05) is 13.2 Å². The van der Waals surface area contributed by atoms with Gasteiger partial charge in [-0.25, -0.2) is 14.6 Å². The average Bonchev–Trinajstić information content (AvgIpc) is 3.08. The number of hydrogen-bond acceptors (Lipinski definition) is 7. The molecule has 2 aromatic rings. The van der Waals surface area contributed by atoms with Gasteiger partial charge in [0.25, 0.3) is 5.91 Å². The molecule has 0 unspecified atom stereocenters. The van der Waals surface area contributed by atoms with Crippen LogP contribution in [0.2, 0.25) is 0 Å². The van der Waals surface area contributed by atoms with Crippen molar-refractivity contribution < 1.29 is 23.9 Å². The number of nitrogens with one attached hydrogen (secondary N) is 2. The van der Waals surface area contributed by atoms with E-state index in [1.807, 2.05) is 19.2 Å². The molecule has 0 saturated carbocycles. The second-order valence-corrected chi connectivity index (χ2v) is 6.59. The molecule has 2 rings (SSSR count). The second-order valence-electron chi connectivity index (χ2n) is 5.52.